The van der Waals surface area contributed by atoms with Gasteiger partial charge in [-0.1, -0.05) is 11.6 Å². The number of methoxy groups -OCH3 is 2. The van der Waals surface area contributed by atoms with Crippen molar-refractivity contribution in [3.63, 3.8) is 0 Å². The zero-order valence-electron chi connectivity index (χ0n) is 10.2. The quantitative estimate of drug-likeness (QED) is 0.764. The van der Waals surface area contributed by atoms with E-state index >= 15 is 0 Å². The van der Waals surface area contributed by atoms with Gasteiger partial charge in [0.25, 0.3) is 0 Å². The summed E-state index contributed by atoms with van der Waals surface area (Å²) in [5, 5.41) is 0.460. The fourth-order valence-corrected chi connectivity index (χ4v) is 2.28. The van der Waals surface area contributed by atoms with Gasteiger partial charge in [-0.2, -0.15) is 0 Å². The van der Waals surface area contributed by atoms with Gasteiger partial charge < -0.3 is 14.4 Å². The van der Waals surface area contributed by atoms with E-state index in [2.05, 4.69) is 14.9 Å². The number of rotatable bonds is 3. The largest absolute Gasteiger partial charge is 0.377 e. The second kappa shape index (κ2) is 5.16. The van der Waals surface area contributed by atoms with Gasteiger partial charge in [0.1, 0.15) is 29.0 Å². The molecule has 2 heterocycles. The molecule has 0 unspecified atom stereocenters. The van der Waals surface area contributed by atoms with Crippen molar-refractivity contribution >= 4 is 17.4 Å². The molecule has 0 amide bonds. The highest BCUT2D eigenvalue weighted by atomic mass is 35.5. The van der Waals surface area contributed by atoms with Crippen LogP contribution in [-0.2, 0) is 9.47 Å². The van der Waals surface area contributed by atoms with E-state index in [1.165, 1.54) is 0 Å². The van der Waals surface area contributed by atoms with Crippen molar-refractivity contribution in [1.82, 2.24) is 9.97 Å². The van der Waals surface area contributed by atoms with E-state index < -0.39 is 0 Å². The minimum Gasteiger partial charge on any atom is -0.377 e. The molecule has 5 nitrogen and oxygen atoms in total. The predicted molar refractivity (Wildman–Crippen MR) is 65.6 cm³/mol. The predicted octanol–water partition coefficient (Wildman–Crippen LogP) is 1.29. The molecule has 0 N–H and O–H groups in total. The van der Waals surface area contributed by atoms with Crippen LogP contribution in [0.25, 0.3) is 0 Å². The molecule has 1 saturated heterocycles. The van der Waals surface area contributed by atoms with Crippen molar-refractivity contribution in [2.75, 3.05) is 32.2 Å². The van der Waals surface area contributed by atoms with Gasteiger partial charge in [-0.25, -0.2) is 9.97 Å². The lowest BCUT2D eigenvalue weighted by Crippen LogP contribution is -2.27. The minimum absolute atomic E-state index is 0.0639. The fourth-order valence-electron chi connectivity index (χ4n) is 2.06. The molecule has 94 valence electrons. The number of aryl methyl sites for hydroxylation is 1. The molecule has 0 saturated carbocycles. The summed E-state index contributed by atoms with van der Waals surface area (Å²) in [6, 6.07) is 1.76. The first-order valence-electron chi connectivity index (χ1n) is 5.45. The first-order chi connectivity index (χ1) is 8.13. The first kappa shape index (κ1) is 12.5. The van der Waals surface area contributed by atoms with Crippen molar-refractivity contribution in [3.05, 3.63) is 17.0 Å². The monoisotopic (exact) mass is 257 g/mol. The van der Waals surface area contributed by atoms with Crippen LogP contribution in [-0.4, -0.2) is 49.5 Å². The number of anilines is 1. The normalized spacial score (nSPS) is 24.4. The summed E-state index contributed by atoms with van der Waals surface area (Å²) >= 11 is 5.93. The number of aromatic nitrogens is 2. The molecule has 1 aromatic rings. The van der Waals surface area contributed by atoms with Gasteiger partial charge in [0, 0.05) is 33.4 Å². The Morgan fingerprint density at radius 2 is 1.82 bits per heavy atom. The Labute approximate surface area is 106 Å². The smallest absolute Gasteiger partial charge is 0.134 e. The topological polar surface area (TPSA) is 47.5 Å². The second-order valence-corrected chi connectivity index (χ2v) is 4.44. The summed E-state index contributed by atoms with van der Waals surface area (Å²) in [5.41, 5.74) is 0. The molecule has 0 bridgehead atoms. The molecule has 0 spiro atoms. The molecule has 1 aliphatic rings. The fraction of sp³-hybridized carbons (Fsp3) is 0.636. The minimum atomic E-state index is 0.0639. The Morgan fingerprint density at radius 3 is 2.29 bits per heavy atom. The molecule has 1 aliphatic heterocycles. The molecular weight excluding hydrogens is 242 g/mol. The summed E-state index contributed by atoms with van der Waals surface area (Å²) < 4.78 is 10.8. The Balaban J connectivity index is 2.18. The molecule has 6 heteroatoms. The summed E-state index contributed by atoms with van der Waals surface area (Å²) in [5.74, 6) is 1.49. The molecular formula is C11H16ClN3O2. The maximum absolute atomic E-state index is 5.93. The third-order valence-electron chi connectivity index (χ3n) is 2.94. The Hall–Kier alpha value is -0.910. The average Bonchev–Trinajstić information content (AvgIpc) is 2.70. The van der Waals surface area contributed by atoms with Gasteiger partial charge in [-0.05, 0) is 6.92 Å². The van der Waals surface area contributed by atoms with E-state index in [0.717, 1.165) is 18.9 Å². The van der Waals surface area contributed by atoms with E-state index in [4.69, 9.17) is 21.1 Å². The van der Waals surface area contributed by atoms with Crippen LogP contribution in [0.3, 0.4) is 0 Å². The third-order valence-corrected chi connectivity index (χ3v) is 3.13. The highest BCUT2D eigenvalue weighted by Crippen LogP contribution is 2.23. The van der Waals surface area contributed by atoms with Crippen LogP contribution in [0.15, 0.2) is 6.07 Å². The standard InChI is InChI=1S/C11H16ClN3O2/c1-7-13-10(12)4-11(14-7)15-5-8(16-2)9(6-15)17-3/h4,8-9H,5-6H2,1-3H3/t8-,9-/m0/s1. The van der Waals surface area contributed by atoms with Gasteiger partial charge in [0.05, 0.1) is 0 Å². The van der Waals surface area contributed by atoms with Crippen molar-refractivity contribution in [2.45, 2.75) is 19.1 Å². The highest BCUT2D eigenvalue weighted by Gasteiger charge is 2.33. The number of nitrogens with zero attached hydrogens (tertiary/aromatic N) is 3. The summed E-state index contributed by atoms with van der Waals surface area (Å²) in [7, 11) is 3.39. The van der Waals surface area contributed by atoms with Crippen LogP contribution >= 0.6 is 11.6 Å². The van der Waals surface area contributed by atoms with Crippen molar-refractivity contribution in [2.24, 2.45) is 0 Å². The van der Waals surface area contributed by atoms with Gasteiger partial charge in [0.2, 0.25) is 0 Å². The SMILES string of the molecule is CO[C@H]1CN(c2cc(Cl)nc(C)n2)C[C@@H]1OC. The van der Waals surface area contributed by atoms with Crippen molar-refractivity contribution < 1.29 is 9.47 Å². The van der Waals surface area contributed by atoms with Crippen molar-refractivity contribution in [1.29, 1.82) is 0 Å². The zero-order chi connectivity index (χ0) is 12.4. The Kier molecular flexibility index (Phi) is 3.81. The molecule has 2 rings (SSSR count). The van der Waals surface area contributed by atoms with E-state index in [9.17, 15) is 0 Å². The molecule has 17 heavy (non-hydrogen) atoms. The zero-order valence-corrected chi connectivity index (χ0v) is 10.9. The molecule has 1 fully saturated rings. The maximum Gasteiger partial charge on any atom is 0.134 e. The summed E-state index contributed by atoms with van der Waals surface area (Å²) in [4.78, 5) is 10.5. The molecule has 0 aromatic carbocycles. The lowest BCUT2D eigenvalue weighted by atomic mass is 10.3. The molecule has 2 atom stereocenters. The summed E-state index contributed by atoms with van der Waals surface area (Å²) in [6.45, 7) is 3.33. The number of halogens is 1. The van der Waals surface area contributed by atoms with Crippen LogP contribution in [0.5, 0.6) is 0 Å². The maximum atomic E-state index is 5.93. The van der Waals surface area contributed by atoms with E-state index in [-0.39, 0.29) is 12.2 Å². The van der Waals surface area contributed by atoms with Crippen LogP contribution in [0.4, 0.5) is 5.82 Å². The van der Waals surface area contributed by atoms with E-state index in [1.54, 1.807) is 20.3 Å². The Bertz CT molecular complexity index is 370. The van der Waals surface area contributed by atoms with Crippen LogP contribution in [0.2, 0.25) is 5.15 Å². The third kappa shape index (κ3) is 2.68. The average molecular weight is 258 g/mol. The van der Waals surface area contributed by atoms with Gasteiger partial charge in [-0.15, -0.1) is 0 Å². The van der Waals surface area contributed by atoms with Gasteiger partial charge in [-0.3, -0.25) is 0 Å². The molecule has 1 aromatic heterocycles. The Morgan fingerprint density at radius 1 is 1.24 bits per heavy atom. The van der Waals surface area contributed by atoms with Gasteiger partial charge in [0.15, 0.2) is 0 Å². The van der Waals surface area contributed by atoms with Crippen molar-refractivity contribution in [3.8, 4) is 0 Å². The van der Waals surface area contributed by atoms with Crippen LogP contribution in [0.1, 0.15) is 5.82 Å². The molecule has 0 radical (unpaired) electrons. The number of hydrogen-bond acceptors (Lipinski definition) is 5. The second-order valence-electron chi connectivity index (χ2n) is 4.05. The first-order valence-corrected chi connectivity index (χ1v) is 5.83. The molecule has 0 aliphatic carbocycles. The lowest BCUT2D eigenvalue weighted by molar-refractivity contribution is -0.00461. The van der Waals surface area contributed by atoms with Crippen LogP contribution in [0, 0.1) is 6.92 Å². The highest BCUT2D eigenvalue weighted by molar-refractivity contribution is 6.29. The van der Waals surface area contributed by atoms with E-state index in [0.29, 0.717) is 11.0 Å². The number of hydrogen-bond donors (Lipinski definition) is 0. The van der Waals surface area contributed by atoms with Gasteiger partial charge >= 0.3 is 0 Å². The van der Waals surface area contributed by atoms with E-state index in [1.807, 2.05) is 6.92 Å². The van der Waals surface area contributed by atoms with Crippen LogP contribution < -0.4 is 4.90 Å². The number of ether oxygens (including phenoxy) is 2. The summed E-state index contributed by atoms with van der Waals surface area (Å²) in [6.07, 6.45) is 0.128. The lowest BCUT2D eigenvalue weighted by Gasteiger charge is -2.17.